The zero-order valence-corrected chi connectivity index (χ0v) is 9.88. The van der Waals surface area contributed by atoms with Crippen LogP contribution in [0.2, 0.25) is 0 Å². The molecule has 2 bridgehead atoms. The number of hydrogen-bond acceptors (Lipinski definition) is 3. The highest BCUT2D eigenvalue weighted by Gasteiger charge is 2.83. The number of rotatable bonds is 3. The van der Waals surface area contributed by atoms with Gasteiger partial charge in [-0.25, -0.2) is 0 Å². The van der Waals surface area contributed by atoms with Crippen LogP contribution in [0, 0.1) is 17.8 Å². The van der Waals surface area contributed by atoms with E-state index < -0.39 is 28.7 Å². The van der Waals surface area contributed by atoms with Crippen molar-refractivity contribution in [2.75, 3.05) is 0 Å². The number of aliphatic carboxylic acids is 2. The normalized spacial score (nSPS) is 36.4. The summed E-state index contributed by atoms with van der Waals surface area (Å²) in [7, 11) is 0. The third kappa shape index (κ3) is 1.04. The first-order chi connectivity index (χ1) is 8.42. The largest absolute Gasteiger partial charge is 0.481 e. The van der Waals surface area contributed by atoms with Crippen molar-refractivity contribution < 1.29 is 19.8 Å². The summed E-state index contributed by atoms with van der Waals surface area (Å²) in [6.07, 6.45) is 2.08. The summed E-state index contributed by atoms with van der Waals surface area (Å²) in [5.41, 5.74) is -0.201. The molecular formula is C13H13NO4. The Morgan fingerprint density at radius 3 is 2.17 bits per heavy atom. The van der Waals surface area contributed by atoms with Crippen molar-refractivity contribution in [2.24, 2.45) is 10.8 Å². The van der Waals surface area contributed by atoms with Crippen LogP contribution in [0.3, 0.4) is 0 Å². The number of nitrogens with zero attached hydrogens (tertiary/aromatic N) is 1. The molecule has 5 heteroatoms. The molecule has 94 valence electrons. The van der Waals surface area contributed by atoms with E-state index in [9.17, 15) is 19.8 Å². The maximum absolute atomic E-state index is 11.3. The fourth-order valence-electron chi connectivity index (χ4n) is 3.59. The van der Waals surface area contributed by atoms with Gasteiger partial charge in [0.1, 0.15) is 0 Å². The Labute approximate surface area is 103 Å². The standard InChI is InChI=1S/C13H13NO4/c1-7-2-3-8(4-14-7)9-12(10(15)16)5-13(9,6-12)11(17)18/h2-4,9H,5-6H2,1H3,(H,15,16)(H,17,18). The summed E-state index contributed by atoms with van der Waals surface area (Å²) >= 11 is 0. The second-order valence-electron chi connectivity index (χ2n) is 5.44. The highest BCUT2D eigenvalue weighted by Crippen LogP contribution is 2.81. The lowest BCUT2D eigenvalue weighted by Gasteiger charge is -2.71. The van der Waals surface area contributed by atoms with Crippen LogP contribution in [0.4, 0.5) is 0 Å². The third-order valence-corrected chi connectivity index (χ3v) is 4.49. The van der Waals surface area contributed by atoms with Crippen LogP contribution in [0.15, 0.2) is 18.3 Å². The molecule has 0 amide bonds. The van der Waals surface area contributed by atoms with E-state index in [0.29, 0.717) is 0 Å². The van der Waals surface area contributed by atoms with E-state index in [2.05, 4.69) is 4.98 Å². The van der Waals surface area contributed by atoms with E-state index in [1.807, 2.05) is 6.92 Å². The molecule has 1 aromatic rings. The molecular weight excluding hydrogens is 234 g/mol. The van der Waals surface area contributed by atoms with E-state index >= 15 is 0 Å². The van der Waals surface area contributed by atoms with E-state index in [0.717, 1.165) is 11.3 Å². The topological polar surface area (TPSA) is 87.5 Å². The molecule has 0 aliphatic heterocycles. The molecule has 0 atom stereocenters. The molecule has 2 N–H and O–H groups in total. The Balaban J connectivity index is 2.01. The minimum Gasteiger partial charge on any atom is -0.481 e. The van der Waals surface area contributed by atoms with Gasteiger partial charge in [-0.15, -0.1) is 0 Å². The van der Waals surface area contributed by atoms with Crippen LogP contribution in [0.1, 0.15) is 30.0 Å². The smallest absolute Gasteiger partial charge is 0.310 e. The summed E-state index contributed by atoms with van der Waals surface area (Å²) in [4.78, 5) is 26.8. The minimum atomic E-state index is -0.892. The van der Waals surface area contributed by atoms with Crippen LogP contribution in [-0.4, -0.2) is 27.1 Å². The zero-order valence-electron chi connectivity index (χ0n) is 9.88. The first-order valence-corrected chi connectivity index (χ1v) is 5.82. The van der Waals surface area contributed by atoms with Crippen molar-refractivity contribution in [3.63, 3.8) is 0 Å². The minimum absolute atomic E-state index is 0.239. The lowest BCUT2D eigenvalue weighted by Crippen LogP contribution is -2.74. The van der Waals surface area contributed by atoms with Crippen LogP contribution in [0.5, 0.6) is 0 Å². The van der Waals surface area contributed by atoms with Gasteiger partial charge in [0.2, 0.25) is 0 Å². The van der Waals surface area contributed by atoms with Crippen LogP contribution < -0.4 is 0 Å². The maximum atomic E-state index is 11.3. The number of hydrogen-bond donors (Lipinski definition) is 2. The second-order valence-corrected chi connectivity index (χ2v) is 5.44. The van der Waals surface area contributed by atoms with Gasteiger partial charge < -0.3 is 10.2 Å². The summed E-state index contributed by atoms with van der Waals surface area (Å²) in [5.74, 6) is -2.22. The highest BCUT2D eigenvalue weighted by atomic mass is 16.4. The van der Waals surface area contributed by atoms with E-state index in [-0.39, 0.29) is 12.8 Å². The number of carboxylic acids is 2. The summed E-state index contributed by atoms with van der Waals surface area (Å²) in [5, 5.41) is 18.6. The van der Waals surface area contributed by atoms with E-state index in [1.54, 1.807) is 18.3 Å². The zero-order chi connectivity index (χ0) is 13.1. The van der Waals surface area contributed by atoms with Gasteiger partial charge in [0.05, 0.1) is 10.8 Å². The van der Waals surface area contributed by atoms with Gasteiger partial charge in [-0.05, 0) is 31.4 Å². The van der Waals surface area contributed by atoms with Crippen molar-refractivity contribution >= 4 is 11.9 Å². The molecule has 3 aliphatic carbocycles. The number of aryl methyl sites for hydroxylation is 1. The molecule has 0 saturated heterocycles. The lowest BCUT2D eigenvalue weighted by atomic mass is 9.28. The van der Waals surface area contributed by atoms with Gasteiger partial charge in [0.15, 0.2) is 0 Å². The van der Waals surface area contributed by atoms with Crippen molar-refractivity contribution in [3.05, 3.63) is 29.6 Å². The molecule has 3 fully saturated rings. The lowest BCUT2D eigenvalue weighted by molar-refractivity contribution is -0.246. The molecule has 4 rings (SSSR count). The monoisotopic (exact) mass is 247 g/mol. The number of carboxylic acid groups (broad SMARTS) is 2. The molecule has 1 aromatic heterocycles. The third-order valence-electron chi connectivity index (χ3n) is 4.49. The first-order valence-electron chi connectivity index (χ1n) is 5.82. The highest BCUT2D eigenvalue weighted by molar-refractivity contribution is 5.92. The Morgan fingerprint density at radius 2 is 1.78 bits per heavy atom. The molecule has 3 aliphatic rings. The number of pyridine rings is 1. The predicted octanol–water partition coefficient (Wildman–Crippen LogP) is 1.42. The van der Waals surface area contributed by atoms with Crippen molar-refractivity contribution in [1.82, 2.24) is 4.98 Å². The molecule has 0 spiro atoms. The van der Waals surface area contributed by atoms with Gasteiger partial charge >= 0.3 is 11.9 Å². The predicted molar refractivity (Wildman–Crippen MR) is 61.1 cm³/mol. The molecule has 3 saturated carbocycles. The average Bonchev–Trinajstić information content (AvgIpc) is 2.17. The Bertz CT molecular complexity index is 517. The number of carbonyl (C=O) groups is 2. The molecule has 1 heterocycles. The van der Waals surface area contributed by atoms with Crippen LogP contribution >= 0.6 is 0 Å². The summed E-state index contributed by atoms with van der Waals surface area (Å²) in [6, 6.07) is 3.58. The maximum Gasteiger partial charge on any atom is 0.310 e. The molecule has 0 unspecified atom stereocenters. The fraction of sp³-hybridized carbons (Fsp3) is 0.462. The van der Waals surface area contributed by atoms with Crippen LogP contribution in [0.25, 0.3) is 0 Å². The fourth-order valence-corrected chi connectivity index (χ4v) is 3.59. The second kappa shape index (κ2) is 3.10. The molecule has 0 aromatic carbocycles. The summed E-state index contributed by atoms with van der Waals surface area (Å²) < 4.78 is 0. The SMILES string of the molecule is Cc1ccc(C2C3(C(=O)O)CC2(C(=O)O)C3)cn1. The van der Waals surface area contributed by atoms with Gasteiger partial charge in [0, 0.05) is 17.8 Å². The van der Waals surface area contributed by atoms with E-state index in [1.165, 1.54) is 0 Å². The molecule has 0 radical (unpaired) electrons. The molecule has 5 nitrogen and oxygen atoms in total. The van der Waals surface area contributed by atoms with Gasteiger partial charge in [-0.2, -0.15) is 0 Å². The van der Waals surface area contributed by atoms with Crippen molar-refractivity contribution in [2.45, 2.75) is 25.7 Å². The Morgan fingerprint density at radius 1 is 1.22 bits per heavy atom. The van der Waals surface area contributed by atoms with Gasteiger partial charge in [-0.3, -0.25) is 14.6 Å². The van der Waals surface area contributed by atoms with Gasteiger partial charge in [0.25, 0.3) is 0 Å². The molecule has 18 heavy (non-hydrogen) atoms. The quantitative estimate of drug-likeness (QED) is 0.843. The Kier molecular flexibility index (Phi) is 1.93. The Hall–Kier alpha value is -1.91. The van der Waals surface area contributed by atoms with Crippen molar-refractivity contribution in [1.29, 1.82) is 0 Å². The van der Waals surface area contributed by atoms with Crippen LogP contribution in [-0.2, 0) is 9.59 Å². The number of aromatic nitrogens is 1. The van der Waals surface area contributed by atoms with Crippen molar-refractivity contribution in [3.8, 4) is 0 Å². The van der Waals surface area contributed by atoms with E-state index in [4.69, 9.17) is 0 Å². The summed E-state index contributed by atoms with van der Waals surface area (Å²) in [6.45, 7) is 1.84. The van der Waals surface area contributed by atoms with Gasteiger partial charge in [-0.1, -0.05) is 6.07 Å². The first kappa shape index (κ1) is 11.2. The average molecular weight is 247 g/mol.